The quantitative estimate of drug-likeness (QED) is 0.730. The van der Waals surface area contributed by atoms with Crippen molar-refractivity contribution in [3.05, 3.63) is 30.0 Å². The topological polar surface area (TPSA) is 80.8 Å². The van der Waals surface area contributed by atoms with Crippen molar-refractivity contribution in [3.63, 3.8) is 0 Å². The molecule has 0 spiro atoms. The van der Waals surface area contributed by atoms with Crippen LogP contribution in [0, 0.1) is 6.92 Å². The smallest absolute Gasteiger partial charge is 0.229 e. The zero-order chi connectivity index (χ0) is 19.1. The average molecular weight is 373 g/mol. The van der Waals surface area contributed by atoms with Gasteiger partial charge in [-0.2, -0.15) is 4.98 Å². The molecule has 2 heterocycles. The Morgan fingerprint density at radius 3 is 2.67 bits per heavy atom. The predicted molar refractivity (Wildman–Crippen MR) is 105 cm³/mol. The van der Waals surface area contributed by atoms with Gasteiger partial charge in [-0.1, -0.05) is 0 Å². The van der Waals surface area contributed by atoms with Gasteiger partial charge in [0.15, 0.2) is 0 Å². The van der Waals surface area contributed by atoms with E-state index in [9.17, 15) is 0 Å². The van der Waals surface area contributed by atoms with Crippen LogP contribution in [0.2, 0.25) is 0 Å². The fraction of sp³-hybridized carbons (Fsp3) is 0.474. The molecule has 27 heavy (non-hydrogen) atoms. The molecule has 146 valence electrons. The number of methoxy groups -OCH3 is 2. The van der Waals surface area contributed by atoms with E-state index in [2.05, 4.69) is 25.5 Å². The van der Waals surface area contributed by atoms with Crippen LogP contribution < -0.4 is 20.1 Å². The van der Waals surface area contributed by atoms with E-state index in [-0.39, 0.29) is 0 Å². The SMILES string of the molecule is COc1ccc(OC)c(Nc2nc(C)cc(NCCN3CCOCC3)n2)c1. The lowest BCUT2D eigenvalue weighted by molar-refractivity contribution is 0.0398. The van der Waals surface area contributed by atoms with Gasteiger partial charge in [0.2, 0.25) is 5.95 Å². The van der Waals surface area contributed by atoms with Crippen molar-refractivity contribution in [2.75, 3.05) is 64.2 Å². The summed E-state index contributed by atoms with van der Waals surface area (Å²) >= 11 is 0. The van der Waals surface area contributed by atoms with Crippen molar-refractivity contribution in [1.29, 1.82) is 0 Å². The minimum Gasteiger partial charge on any atom is -0.497 e. The Labute approximate surface area is 159 Å². The third-order valence-corrected chi connectivity index (χ3v) is 4.35. The number of aromatic nitrogens is 2. The van der Waals surface area contributed by atoms with E-state index in [1.807, 2.05) is 31.2 Å². The molecule has 1 aromatic heterocycles. The van der Waals surface area contributed by atoms with E-state index in [1.54, 1.807) is 14.2 Å². The number of hydrogen-bond donors (Lipinski definition) is 2. The molecule has 0 amide bonds. The highest BCUT2D eigenvalue weighted by Gasteiger charge is 2.11. The number of rotatable bonds is 8. The fourth-order valence-electron chi connectivity index (χ4n) is 2.91. The Bertz CT molecular complexity index is 750. The Morgan fingerprint density at radius 1 is 1.11 bits per heavy atom. The second-order valence-corrected chi connectivity index (χ2v) is 6.29. The van der Waals surface area contributed by atoms with Gasteiger partial charge in [-0.15, -0.1) is 0 Å². The van der Waals surface area contributed by atoms with Crippen LogP contribution in [0.25, 0.3) is 0 Å². The molecule has 0 atom stereocenters. The lowest BCUT2D eigenvalue weighted by Gasteiger charge is -2.26. The van der Waals surface area contributed by atoms with Gasteiger partial charge in [-0.05, 0) is 19.1 Å². The molecular weight excluding hydrogens is 346 g/mol. The summed E-state index contributed by atoms with van der Waals surface area (Å²) in [5.74, 6) is 2.73. The second-order valence-electron chi connectivity index (χ2n) is 6.29. The van der Waals surface area contributed by atoms with Crippen molar-refractivity contribution >= 4 is 17.5 Å². The molecule has 8 heteroatoms. The molecule has 0 aliphatic carbocycles. The molecule has 1 saturated heterocycles. The summed E-state index contributed by atoms with van der Waals surface area (Å²) in [6, 6.07) is 7.49. The molecule has 8 nitrogen and oxygen atoms in total. The number of aryl methyl sites for hydroxylation is 1. The summed E-state index contributed by atoms with van der Waals surface area (Å²) in [4.78, 5) is 11.4. The summed E-state index contributed by atoms with van der Waals surface area (Å²) < 4.78 is 16.1. The summed E-state index contributed by atoms with van der Waals surface area (Å²) in [5.41, 5.74) is 1.63. The fourth-order valence-corrected chi connectivity index (χ4v) is 2.91. The summed E-state index contributed by atoms with van der Waals surface area (Å²) in [6.07, 6.45) is 0. The van der Waals surface area contributed by atoms with Gasteiger partial charge in [0.25, 0.3) is 0 Å². The second kappa shape index (κ2) is 9.38. The Balaban J connectivity index is 1.66. The van der Waals surface area contributed by atoms with E-state index in [0.717, 1.165) is 62.3 Å². The number of hydrogen-bond acceptors (Lipinski definition) is 8. The maximum Gasteiger partial charge on any atom is 0.229 e. The number of morpholine rings is 1. The highest BCUT2D eigenvalue weighted by Crippen LogP contribution is 2.30. The first-order valence-electron chi connectivity index (χ1n) is 9.06. The molecular formula is C19H27N5O3. The van der Waals surface area contributed by atoms with E-state index >= 15 is 0 Å². The van der Waals surface area contributed by atoms with Gasteiger partial charge < -0.3 is 24.8 Å². The standard InChI is InChI=1S/C19H27N5O3/c1-14-12-18(20-6-7-24-8-10-27-11-9-24)23-19(21-14)22-16-13-15(25-2)4-5-17(16)26-3/h4-5,12-13H,6-11H2,1-3H3,(H2,20,21,22,23). The first kappa shape index (κ1) is 19.2. The lowest BCUT2D eigenvalue weighted by Crippen LogP contribution is -2.39. The van der Waals surface area contributed by atoms with Crippen molar-refractivity contribution in [3.8, 4) is 11.5 Å². The number of benzene rings is 1. The maximum absolute atomic E-state index is 5.40. The van der Waals surface area contributed by atoms with E-state index in [4.69, 9.17) is 14.2 Å². The summed E-state index contributed by atoms with van der Waals surface area (Å²) in [6.45, 7) is 7.30. The third kappa shape index (κ3) is 5.45. The Morgan fingerprint density at radius 2 is 1.93 bits per heavy atom. The summed E-state index contributed by atoms with van der Waals surface area (Å²) in [5, 5.41) is 6.61. The van der Waals surface area contributed by atoms with Crippen LogP contribution in [-0.4, -0.2) is 68.5 Å². The van der Waals surface area contributed by atoms with E-state index in [0.29, 0.717) is 11.7 Å². The van der Waals surface area contributed by atoms with E-state index in [1.165, 1.54) is 0 Å². The highest BCUT2D eigenvalue weighted by atomic mass is 16.5. The predicted octanol–water partition coefficient (Wildman–Crippen LogP) is 2.29. The number of nitrogens with zero attached hydrogens (tertiary/aromatic N) is 3. The van der Waals surface area contributed by atoms with Crippen molar-refractivity contribution in [2.45, 2.75) is 6.92 Å². The van der Waals surface area contributed by atoms with Crippen LogP contribution in [0.3, 0.4) is 0 Å². The van der Waals surface area contributed by atoms with Gasteiger partial charge in [-0.3, -0.25) is 4.90 Å². The molecule has 1 aliphatic heterocycles. The maximum atomic E-state index is 5.40. The first-order chi connectivity index (χ1) is 13.2. The van der Waals surface area contributed by atoms with Gasteiger partial charge >= 0.3 is 0 Å². The number of anilines is 3. The minimum absolute atomic E-state index is 0.510. The molecule has 0 unspecified atom stereocenters. The molecule has 3 rings (SSSR count). The first-order valence-corrected chi connectivity index (χ1v) is 9.06. The van der Waals surface area contributed by atoms with Crippen LogP contribution in [-0.2, 0) is 4.74 Å². The molecule has 0 bridgehead atoms. The number of ether oxygens (including phenoxy) is 3. The molecule has 0 radical (unpaired) electrons. The summed E-state index contributed by atoms with van der Waals surface area (Å²) in [7, 11) is 3.26. The molecule has 0 saturated carbocycles. The average Bonchev–Trinajstić information content (AvgIpc) is 2.68. The van der Waals surface area contributed by atoms with Gasteiger partial charge in [-0.25, -0.2) is 4.98 Å². The van der Waals surface area contributed by atoms with Crippen molar-refractivity contribution < 1.29 is 14.2 Å². The van der Waals surface area contributed by atoms with Crippen LogP contribution in [0.1, 0.15) is 5.69 Å². The Hall–Kier alpha value is -2.58. The third-order valence-electron chi connectivity index (χ3n) is 4.35. The van der Waals surface area contributed by atoms with Crippen LogP contribution in [0.15, 0.2) is 24.3 Å². The van der Waals surface area contributed by atoms with E-state index < -0.39 is 0 Å². The largest absolute Gasteiger partial charge is 0.497 e. The van der Waals surface area contributed by atoms with Crippen molar-refractivity contribution in [1.82, 2.24) is 14.9 Å². The lowest BCUT2D eigenvalue weighted by atomic mass is 10.2. The molecule has 2 aromatic rings. The monoisotopic (exact) mass is 373 g/mol. The van der Waals surface area contributed by atoms with Crippen LogP contribution in [0.5, 0.6) is 11.5 Å². The van der Waals surface area contributed by atoms with Crippen LogP contribution in [0.4, 0.5) is 17.5 Å². The zero-order valence-electron chi connectivity index (χ0n) is 16.1. The molecule has 1 aromatic carbocycles. The Kier molecular flexibility index (Phi) is 6.67. The van der Waals surface area contributed by atoms with Gasteiger partial charge in [0.05, 0.1) is 33.1 Å². The normalized spacial score (nSPS) is 14.6. The van der Waals surface area contributed by atoms with Gasteiger partial charge in [0, 0.05) is 44.0 Å². The van der Waals surface area contributed by atoms with Crippen LogP contribution >= 0.6 is 0 Å². The van der Waals surface area contributed by atoms with Gasteiger partial charge in [0.1, 0.15) is 17.3 Å². The minimum atomic E-state index is 0.510. The zero-order valence-corrected chi connectivity index (χ0v) is 16.1. The molecule has 1 aliphatic rings. The molecule has 2 N–H and O–H groups in total. The van der Waals surface area contributed by atoms with Crippen molar-refractivity contribution in [2.24, 2.45) is 0 Å². The highest BCUT2D eigenvalue weighted by molar-refractivity contribution is 5.65. The molecule has 1 fully saturated rings. The number of nitrogens with one attached hydrogen (secondary N) is 2.